The minimum absolute atomic E-state index is 0.118. The fraction of sp³-hybridized carbons (Fsp3) is 0.407. The molecule has 2 heterocycles. The van der Waals surface area contributed by atoms with E-state index in [1.165, 1.54) is 6.07 Å². The molecule has 0 radical (unpaired) electrons. The van der Waals surface area contributed by atoms with Gasteiger partial charge in [-0.05, 0) is 79.3 Å². The number of piperidine rings is 1. The molecule has 2 aliphatic rings. The minimum Gasteiger partial charge on any atom is -0.395 e. The van der Waals surface area contributed by atoms with Crippen molar-refractivity contribution in [3.63, 3.8) is 0 Å². The fourth-order valence-electron chi connectivity index (χ4n) is 5.25. The van der Waals surface area contributed by atoms with Crippen LogP contribution in [0.2, 0.25) is 0 Å². The average Bonchev–Trinajstić information content (AvgIpc) is 3.25. The number of carbonyl (C=O) groups excluding carboxylic acids is 1. The Hall–Kier alpha value is -3.23. The summed E-state index contributed by atoms with van der Waals surface area (Å²) in [6, 6.07) is 14.9. The molecule has 2 aromatic carbocycles. The van der Waals surface area contributed by atoms with Gasteiger partial charge in [0.25, 0.3) is 0 Å². The number of pyridine rings is 1. The van der Waals surface area contributed by atoms with Crippen LogP contribution in [0, 0.1) is 5.82 Å². The molecular formula is C27H32FN5O2. The van der Waals surface area contributed by atoms with Crippen LogP contribution in [0.5, 0.6) is 0 Å². The van der Waals surface area contributed by atoms with E-state index in [9.17, 15) is 9.18 Å². The van der Waals surface area contributed by atoms with Gasteiger partial charge in [-0.2, -0.15) is 0 Å². The zero-order valence-corrected chi connectivity index (χ0v) is 20.0. The van der Waals surface area contributed by atoms with E-state index < -0.39 is 0 Å². The van der Waals surface area contributed by atoms with Crippen molar-refractivity contribution in [3.05, 3.63) is 65.5 Å². The normalized spacial score (nSPS) is 18.4. The molecule has 35 heavy (non-hydrogen) atoms. The van der Waals surface area contributed by atoms with E-state index in [0.29, 0.717) is 6.54 Å². The smallest absolute Gasteiger partial charge is 0.321 e. The van der Waals surface area contributed by atoms with Crippen LogP contribution in [-0.2, 0) is 6.42 Å². The van der Waals surface area contributed by atoms with Gasteiger partial charge in [0.2, 0.25) is 0 Å². The molecule has 0 saturated carbocycles. The van der Waals surface area contributed by atoms with E-state index >= 15 is 0 Å². The SMILES string of the molecule is CN(C(=O)Nc1ccc2nc(NC3CCc4cc(F)ccc43)ccc2c1)C1CCN(CCO)CC1. The number of likely N-dealkylation sites (tertiary alicyclic amines) is 1. The number of β-amino-alcohol motifs (C(OH)–C–C–N with tert-alkyl or cyclic N) is 1. The maximum atomic E-state index is 13.5. The second kappa shape index (κ2) is 10.2. The topological polar surface area (TPSA) is 80.7 Å². The number of hydrogen-bond donors (Lipinski definition) is 3. The van der Waals surface area contributed by atoms with Gasteiger partial charge in [-0.25, -0.2) is 14.2 Å². The molecule has 1 atom stereocenters. The summed E-state index contributed by atoms with van der Waals surface area (Å²) < 4.78 is 13.5. The van der Waals surface area contributed by atoms with Crippen molar-refractivity contribution >= 4 is 28.4 Å². The van der Waals surface area contributed by atoms with Gasteiger partial charge < -0.3 is 25.5 Å². The van der Waals surface area contributed by atoms with Crippen LogP contribution in [0.3, 0.4) is 0 Å². The van der Waals surface area contributed by atoms with Gasteiger partial charge in [0.15, 0.2) is 0 Å². The van der Waals surface area contributed by atoms with Gasteiger partial charge in [-0.15, -0.1) is 0 Å². The summed E-state index contributed by atoms with van der Waals surface area (Å²) in [4.78, 5) is 21.6. The third kappa shape index (κ3) is 5.23. The van der Waals surface area contributed by atoms with Crippen LogP contribution >= 0.6 is 0 Å². The summed E-state index contributed by atoms with van der Waals surface area (Å²) in [6.45, 7) is 2.65. The highest BCUT2D eigenvalue weighted by atomic mass is 19.1. The second-order valence-electron chi connectivity index (χ2n) is 9.52. The van der Waals surface area contributed by atoms with E-state index in [4.69, 9.17) is 10.1 Å². The lowest BCUT2D eigenvalue weighted by molar-refractivity contribution is 0.123. The maximum absolute atomic E-state index is 13.5. The summed E-state index contributed by atoms with van der Waals surface area (Å²) in [5.74, 6) is 0.592. The first-order chi connectivity index (χ1) is 17.0. The average molecular weight is 478 g/mol. The molecule has 1 aromatic heterocycles. The van der Waals surface area contributed by atoms with E-state index in [1.54, 1.807) is 11.0 Å². The molecule has 5 rings (SSSR count). The molecule has 7 nitrogen and oxygen atoms in total. The molecule has 3 N–H and O–H groups in total. The first-order valence-corrected chi connectivity index (χ1v) is 12.3. The molecule has 8 heteroatoms. The summed E-state index contributed by atoms with van der Waals surface area (Å²) >= 11 is 0. The number of aromatic nitrogens is 1. The third-order valence-electron chi connectivity index (χ3n) is 7.29. The van der Waals surface area contributed by atoms with Gasteiger partial charge >= 0.3 is 6.03 Å². The Balaban J connectivity index is 1.21. The van der Waals surface area contributed by atoms with Gasteiger partial charge in [0.1, 0.15) is 11.6 Å². The number of amides is 2. The number of urea groups is 1. The van der Waals surface area contributed by atoms with E-state index in [0.717, 1.165) is 72.3 Å². The number of fused-ring (bicyclic) bond motifs is 2. The Morgan fingerprint density at radius 3 is 2.77 bits per heavy atom. The number of benzene rings is 2. The maximum Gasteiger partial charge on any atom is 0.321 e. The van der Waals surface area contributed by atoms with E-state index in [2.05, 4.69) is 15.5 Å². The van der Waals surface area contributed by atoms with Gasteiger partial charge in [-0.3, -0.25) is 0 Å². The van der Waals surface area contributed by atoms with Crippen molar-refractivity contribution in [2.45, 2.75) is 37.8 Å². The minimum atomic E-state index is -0.189. The van der Waals surface area contributed by atoms with Gasteiger partial charge in [0.05, 0.1) is 18.2 Å². The molecule has 184 valence electrons. The van der Waals surface area contributed by atoms with E-state index in [1.807, 2.05) is 43.4 Å². The van der Waals surface area contributed by atoms with Crippen molar-refractivity contribution in [2.75, 3.05) is 43.9 Å². The van der Waals surface area contributed by atoms with Crippen LogP contribution in [0.25, 0.3) is 10.9 Å². The number of nitrogens with one attached hydrogen (secondary N) is 2. The van der Waals surface area contributed by atoms with Crippen LogP contribution in [0.15, 0.2) is 48.5 Å². The van der Waals surface area contributed by atoms with Crippen molar-refractivity contribution < 1.29 is 14.3 Å². The van der Waals surface area contributed by atoms with E-state index in [-0.39, 0.29) is 30.5 Å². The number of hydrogen-bond acceptors (Lipinski definition) is 5. The second-order valence-corrected chi connectivity index (χ2v) is 9.52. The lowest BCUT2D eigenvalue weighted by Crippen LogP contribution is -2.47. The summed E-state index contributed by atoms with van der Waals surface area (Å²) in [7, 11) is 1.85. The fourth-order valence-corrected chi connectivity index (χ4v) is 5.25. The molecule has 3 aromatic rings. The summed E-state index contributed by atoms with van der Waals surface area (Å²) in [6.07, 6.45) is 3.58. The van der Waals surface area contributed by atoms with Crippen molar-refractivity contribution in [1.29, 1.82) is 0 Å². The molecule has 1 saturated heterocycles. The number of rotatable bonds is 6. The van der Waals surface area contributed by atoms with Crippen LogP contribution in [0.1, 0.15) is 36.4 Å². The Kier molecular flexibility index (Phi) is 6.83. The number of carbonyl (C=O) groups is 1. The predicted molar refractivity (Wildman–Crippen MR) is 136 cm³/mol. The largest absolute Gasteiger partial charge is 0.395 e. The van der Waals surface area contributed by atoms with Crippen molar-refractivity contribution in [3.8, 4) is 0 Å². The number of aryl methyl sites for hydroxylation is 1. The quantitative estimate of drug-likeness (QED) is 0.491. The summed E-state index contributed by atoms with van der Waals surface area (Å²) in [5.41, 5.74) is 3.77. The Morgan fingerprint density at radius 2 is 1.97 bits per heavy atom. The highest BCUT2D eigenvalue weighted by Gasteiger charge is 2.25. The van der Waals surface area contributed by atoms with Crippen molar-refractivity contribution in [1.82, 2.24) is 14.8 Å². The number of aliphatic hydroxyl groups is 1. The number of aliphatic hydroxyl groups excluding tert-OH is 1. The summed E-state index contributed by atoms with van der Waals surface area (Å²) in [5, 5.41) is 16.6. The van der Waals surface area contributed by atoms with Gasteiger partial charge in [-0.1, -0.05) is 6.07 Å². The first-order valence-electron chi connectivity index (χ1n) is 12.3. The number of halogens is 1. The number of anilines is 2. The lowest BCUT2D eigenvalue weighted by Gasteiger charge is -2.36. The third-order valence-corrected chi connectivity index (χ3v) is 7.29. The first kappa shape index (κ1) is 23.5. The van der Waals surface area contributed by atoms with Crippen LogP contribution < -0.4 is 10.6 Å². The molecule has 1 fully saturated rings. The Morgan fingerprint density at radius 1 is 1.14 bits per heavy atom. The Bertz CT molecular complexity index is 1210. The van der Waals surface area contributed by atoms with Crippen LogP contribution in [-0.4, -0.2) is 65.3 Å². The molecular weight excluding hydrogens is 445 g/mol. The standard InChI is InChI=1S/C27H32FN5O2/c1-32(22-10-12-33(13-11-22)14-15-34)27(35)29-21-5-8-24-19(17-21)3-9-26(30-24)31-25-7-2-18-16-20(28)4-6-23(18)25/h3-6,8-9,16-17,22,25,34H,2,7,10-15H2,1H3,(H,29,35)(H,30,31). The zero-order valence-electron chi connectivity index (χ0n) is 20.0. The van der Waals surface area contributed by atoms with Crippen LogP contribution in [0.4, 0.5) is 20.7 Å². The predicted octanol–water partition coefficient (Wildman–Crippen LogP) is 4.39. The molecule has 1 unspecified atom stereocenters. The lowest BCUT2D eigenvalue weighted by atomic mass is 10.0. The Labute approximate surface area is 204 Å². The monoisotopic (exact) mass is 477 g/mol. The molecule has 0 spiro atoms. The zero-order chi connectivity index (χ0) is 24.4. The molecule has 2 amide bonds. The highest BCUT2D eigenvalue weighted by molar-refractivity contribution is 5.93. The molecule has 1 aliphatic carbocycles. The van der Waals surface area contributed by atoms with Gasteiger partial charge in [0, 0.05) is 43.8 Å². The molecule has 0 bridgehead atoms. The highest BCUT2D eigenvalue weighted by Crippen LogP contribution is 2.34. The molecule has 1 aliphatic heterocycles. The number of nitrogens with zero attached hydrogens (tertiary/aromatic N) is 3. The van der Waals surface area contributed by atoms with Crippen molar-refractivity contribution in [2.24, 2.45) is 0 Å².